The van der Waals surface area contributed by atoms with Crippen LogP contribution in [-0.2, 0) is 16.0 Å². The molecule has 1 saturated heterocycles. The third kappa shape index (κ3) is 7.58. The van der Waals surface area contributed by atoms with E-state index < -0.39 is 0 Å². The van der Waals surface area contributed by atoms with Crippen LogP contribution in [0.3, 0.4) is 0 Å². The average molecular weight is 370 g/mol. The van der Waals surface area contributed by atoms with Gasteiger partial charge in [0.05, 0.1) is 18.3 Å². The first-order chi connectivity index (χ1) is 12.2. The summed E-state index contributed by atoms with van der Waals surface area (Å²) in [4.78, 5) is 11.2. The number of rotatable bonds is 9. The number of hydrogen-bond donors (Lipinski definition) is 2. The molecule has 0 bridgehead atoms. The Bertz CT molecular complexity index is 515. The molecule has 1 aromatic rings. The van der Waals surface area contributed by atoms with Gasteiger partial charge < -0.3 is 25.0 Å². The first-order valence-corrected chi connectivity index (χ1v) is 9.90. The Morgan fingerprint density at radius 1 is 1.40 bits per heavy atom. The number of aliphatic imine (C=N–C) groups is 1. The molecule has 0 amide bonds. The number of ether oxygens (including phenoxy) is 2. The zero-order valence-corrected chi connectivity index (χ0v) is 16.4. The molecule has 1 fully saturated rings. The molecule has 8 heteroatoms. The van der Waals surface area contributed by atoms with Gasteiger partial charge in [0.25, 0.3) is 0 Å². The van der Waals surface area contributed by atoms with Crippen LogP contribution < -0.4 is 15.5 Å². The monoisotopic (exact) mass is 369 g/mol. The molecule has 1 aromatic heterocycles. The molecule has 0 unspecified atom stereocenters. The quantitative estimate of drug-likeness (QED) is 0.393. The molecule has 0 spiro atoms. The first kappa shape index (κ1) is 19.9. The maximum Gasteiger partial charge on any atom is 0.191 e. The Kier molecular flexibility index (Phi) is 8.99. The van der Waals surface area contributed by atoms with Gasteiger partial charge in [0.2, 0.25) is 0 Å². The van der Waals surface area contributed by atoms with Gasteiger partial charge in [-0.1, -0.05) is 0 Å². The lowest BCUT2D eigenvalue weighted by atomic mass is 10.1. The van der Waals surface area contributed by atoms with E-state index in [0.29, 0.717) is 12.6 Å². The summed E-state index contributed by atoms with van der Waals surface area (Å²) < 4.78 is 11.2. The van der Waals surface area contributed by atoms with Crippen LogP contribution in [0.2, 0.25) is 0 Å². The Hall–Kier alpha value is -1.38. The van der Waals surface area contributed by atoms with Gasteiger partial charge in [0.1, 0.15) is 0 Å². The van der Waals surface area contributed by atoms with Crippen LogP contribution in [0.15, 0.2) is 10.4 Å². The smallest absolute Gasteiger partial charge is 0.191 e. The maximum atomic E-state index is 5.89. The van der Waals surface area contributed by atoms with Gasteiger partial charge in [0, 0.05) is 52.4 Å². The molecule has 2 N–H and O–H groups in total. The van der Waals surface area contributed by atoms with E-state index in [0.717, 1.165) is 69.0 Å². The van der Waals surface area contributed by atoms with Gasteiger partial charge in [-0.15, -0.1) is 11.3 Å². The Morgan fingerprint density at radius 3 is 2.88 bits per heavy atom. The number of aromatic nitrogens is 1. The fourth-order valence-corrected chi connectivity index (χ4v) is 3.20. The number of guanidine groups is 1. The van der Waals surface area contributed by atoms with Crippen LogP contribution in [0, 0.1) is 0 Å². The number of hydrogen-bond acceptors (Lipinski definition) is 6. The lowest BCUT2D eigenvalue weighted by molar-refractivity contribution is -0.0320. The van der Waals surface area contributed by atoms with E-state index in [-0.39, 0.29) is 0 Å². The van der Waals surface area contributed by atoms with E-state index in [1.807, 2.05) is 19.0 Å². The molecule has 0 radical (unpaired) electrons. The standard InChI is InChI=1S/C17H31N5O2S/c1-4-18-16(20-12-14-13-25-17(21-14)22(2)3)19-8-5-9-24-15-6-10-23-11-7-15/h13,15H,4-12H2,1-3H3,(H2,18,19,20). The Labute approximate surface area is 154 Å². The first-order valence-electron chi connectivity index (χ1n) is 9.02. The minimum Gasteiger partial charge on any atom is -0.381 e. The number of anilines is 1. The summed E-state index contributed by atoms with van der Waals surface area (Å²) in [6, 6.07) is 0. The van der Waals surface area contributed by atoms with Crippen molar-refractivity contribution in [2.45, 2.75) is 38.8 Å². The van der Waals surface area contributed by atoms with E-state index >= 15 is 0 Å². The van der Waals surface area contributed by atoms with Crippen molar-refractivity contribution in [3.63, 3.8) is 0 Å². The minimum absolute atomic E-state index is 0.367. The van der Waals surface area contributed by atoms with Crippen LogP contribution in [0.4, 0.5) is 5.13 Å². The van der Waals surface area contributed by atoms with Gasteiger partial charge in [-0.05, 0) is 26.2 Å². The van der Waals surface area contributed by atoms with Crippen LogP contribution in [0.1, 0.15) is 31.9 Å². The summed E-state index contributed by atoms with van der Waals surface area (Å²) in [5.74, 6) is 0.827. The molecule has 0 atom stereocenters. The van der Waals surface area contributed by atoms with Crippen LogP contribution in [0.5, 0.6) is 0 Å². The molecule has 25 heavy (non-hydrogen) atoms. The normalized spacial score (nSPS) is 16.0. The fourth-order valence-electron chi connectivity index (χ4n) is 2.45. The molecule has 0 aliphatic carbocycles. The maximum absolute atomic E-state index is 5.89. The highest BCUT2D eigenvalue weighted by atomic mass is 32.1. The highest BCUT2D eigenvalue weighted by Gasteiger charge is 2.13. The van der Waals surface area contributed by atoms with Crippen molar-refractivity contribution >= 4 is 22.4 Å². The van der Waals surface area contributed by atoms with Gasteiger partial charge in [-0.25, -0.2) is 9.98 Å². The van der Waals surface area contributed by atoms with Crippen LogP contribution >= 0.6 is 11.3 Å². The minimum atomic E-state index is 0.367. The predicted octanol–water partition coefficient (Wildman–Crippen LogP) is 1.85. The molecule has 2 heterocycles. The summed E-state index contributed by atoms with van der Waals surface area (Å²) in [6.07, 6.45) is 3.36. The molecule has 7 nitrogen and oxygen atoms in total. The van der Waals surface area contributed by atoms with E-state index in [4.69, 9.17) is 9.47 Å². The average Bonchev–Trinajstić information content (AvgIpc) is 3.09. The van der Waals surface area contributed by atoms with Gasteiger partial charge in [-0.2, -0.15) is 0 Å². The van der Waals surface area contributed by atoms with Gasteiger partial charge in [-0.3, -0.25) is 0 Å². The third-order valence-electron chi connectivity index (χ3n) is 3.80. The highest BCUT2D eigenvalue weighted by molar-refractivity contribution is 7.13. The van der Waals surface area contributed by atoms with E-state index in [2.05, 4.69) is 32.9 Å². The SMILES string of the molecule is CCNC(=NCc1csc(N(C)C)n1)NCCCOC1CCOCC1. The fraction of sp³-hybridized carbons (Fsp3) is 0.765. The molecular weight excluding hydrogens is 338 g/mol. The lowest BCUT2D eigenvalue weighted by Crippen LogP contribution is -2.38. The number of nitrogens with one attached hydrogen (secondary N) is 2. The van der Waals surface area contributed by atoms with Crippen molar-refractivity contribution in [3.05, 3.63) is 11.1 Å². The molecule has 142 valence electrons. The summed E-state index contributed by atoms with van der Waals surface area (Å²) in [5.41, 5.74) is 0.994. The molecule has 0 aromatic carbocycles. The second kappa shape index (κ2) is 11.3. The van der Waals surface area contributed by atoms with Gasteiger partial charge >= 0.3 is 0 Å². The second-order valence-corrected chi connectivity index (χ2v) is 7.01. The van der Waals surface area contributed by atoms with Gasteiger partial charge in [0.15, 0.2) is 11.1 Å². The van der Waals surface area contributed by atoms with E-state index in [1.165, 1.54) is 0 Å². The molecular formula is C17H31N5O2S. The molecule has 2 rings (SSSR count). The largest absolute Gasteiger partial charge is 0.381 e. The number of nitrogens with zero attached hydrogens (tertiary/aromatic N) is 3. The summed E-state index contributed by atoms with van der Waals surface area (Å²) in [5, 5.41) is 9.69. The van der Waals surface area contributed by atoms with Crippen molar-refractivity contribution in [1.82, 2.24) is 15.6 Å². The molecule has 1 aliphatic heterocycles. The second-order valence-electron chi connectivity index (χ2n) is 6.17. The zero-order chi connectivity index (χ0) is 17.9. The van der Waals surface area contributed by atoms with Crippen LogP contribution in [-0.4, -0.2) is 64.1 Å². The summed E-state index contributed by atoms with van der Waals surface area (Å²) in [6.45, 7) is 6.75. The van der Waals surface area contributed by atoms with E-state index in [1.54, 1.807) is 11.3 Å². The summed E-state index contributed by atoms with van der Waals surface area (Å²) in [7, 11) is 4.00. The summed E-state index contributed by atoms with van der Waals surface area (Å²) >= 11 is 1.64. The third-order valence-corrected chi connectivity index (χ3v) is 4.86. The lowest BCUT2D eigenvalue weighted by Gasteiger charge is -2.22. The van der Waals surface area contributed by atoms with E-state index in [9.17, 15) is 0 Å². The van der Waals surface area contributed by atoms with Crippen molar-refractivity contribution in [2.24, 2.45) is 4.99 Å². The van der Waals surface area contributed by atoms with Crippen molar-refractivity contribution < 1.29 is 9.47 Å². The Balaban J connectivity index is 1.67. The highest BCUT2D eigenvalue weighted by Crippen LogP contribution is 2.18. The molecule has 0 saturated carbocycles. The van der Waals surface area contributed by atoms with Crippen LogP contribution in [0.25, 0.3) is 0 Å². The van der Waals surface area contributed by atoms with Crippen molar-refractivity contribution in [1.29, 1.82) is 0 Å². The zero-order valence-electron chi connectivity index (χ0n) is 15.6. The topological polar surface area (TPSA) is 71.0 Å². The Morgan fingerprint density at radius 2 is 2.20 bits per heavy atom. The molecule has 1 aliphatic rings. The van der Waals surface area contributed by atoms with Crippen molar-refractivity contribution in [2.75, 3.05) is 51.9 Å². The number of thiazole rings is 1. The van der Waals surface area contributed by atoms with Crippen molar-refractivity contribution in [3.8, 4) is 0 Å². The predicted molar refractivity (Wildman–Crippen MR) is 104 cm³/mol.